The molecule has 0 bridgehead atoms. The first kappa shape index (κ1) is 13.4. The fourth-order valence-corrected chi connectivity index (χ4v) is 3.48. The smallest absolute Gasteiger partial charge is 0.00894 e. The quantitative estimate of drug-likeness (QED) is 0.858. The van der Waals surface area contributed by atoms with Crippen LogP contribution >= 0.6 is 0 Å². The maximum Gasteiger partial charge on any atom is 0.00894 e. The predicted molar refractivity (Wildman–Crippen MR) is 85.1 cm³/mol. The average Bonchev–Trinajstić information content (AvgIpc) is 2.48. The Bertz CT molecular complexity index is 526. The first-order chi connectivity index (χ1) is 9.84. The van der Waals surface area contributed by atoms with Gasteiger partial charge >= 0.3 is 0 Å². The van der Waals surface area contributed by atoms with Crippen molar-refractivity contribution in [1.82, 2.24) is 5.32 Å². The van der Waals surface area contributed by atoms with Gasteiger partial charge in [-0.3, -0.25) is 0 Å². The zero-order valence-corrected chi connectivity index (χ0v) is 12.2. The average molecular weight is 265 g/mol. The molecule has 0 aliphatic heterocycles. The molecule has 0 aromatic heterocycles. The molecule has 3 rings (SSSR count). The maximum absolute atomic E-state index is 3.56. The van der Waals surface area contributed by atoms with Crippen LogP contribution in [0.4, 0.5) is 0 Å². The number of hydrogen-bond acceptors (Lipinski definition) is 1. The van der Waals surface area contributed by atoms with Crippen LogP contribution in [0.3, 0.4) is 0 Å². The molecule has 0 heterocycles. The molecule has 0 radical (unpaired) electrons. The minimum absolute atomic E-state index is 0.331. The largest absolute Gasteiger partial charge is 0.316 e. The van der Waals surface area contributed by atoms with Gasteiger partial charge < -0.3 is 5.32 Å². The number of likely N-dealkylation sites (N-methyl/N-ethyl adjacent to an activating group) is 1. The molecule has 0 amide bonds. The summed E-state index contributed by atoms with van der Waals surface area (Å²) in [5, 5.41) is 3.56. The normalized spacial score (nSPS) is 25.1. The molecule has 1 aliphatic carbocycles. The molecule has 1 heteroatoms. The van der Waals surface area contributed by atoms with Crippen LogP contribution in [-0.4, -0.2) is 13.1 Å². The van der Waals surface area contributed by atoms with E-state index in [-0.39, 0.29) is 0 Å². The van der Waals surface area contributed by atoms with E-state index < -0.39 is 0 Å². The van der Waals surface area contributed by atoms with Gasteiger partial charge in [0.25, 0.3) is 0 Å². The molecule has 0 saturated heterocycles. The number of nitrogens with one attached hydrogen (secondary N) is 1. The van der Waals surface area contributed by atoms with Crippen molar-refractivity contribution in [1.29, 1.82) is 0 Å². The lowest BCUT2D eigenvalue weighted by molar-refractivity contribution is 0.195. The second-order valence-electron chi connectivity index (χ2n) is 5.94. The lowest BCUT2D eigenvalue weighted by Crippen LogP contribution is -2.47. The Hall–Kier alpha value is -1.60. The summed E-state index contributed by atoms with van der Waals surface area (Å²) in [5.74, 6) is 0.718. The van der Waals surface area contributed by atoms with Crippen LogP contribution in [0.15, 0.2) is 60.7 Å². The van der Waals surface area contributed by atoms with Gasteiger partial charge in [-0.1, -0.05) is 67.6 Å². The van der Waals surface area contributed by atoms with E-state index in [4.69, 9.17) is 0 Å². The van der Waals surface area contributed by atoms with Gasteiger partial charge in [0.2, 0.25) is 0 Å². The first-order valence-electron chi connectivity index (χ1n) is 7.65. The highest BCUT2D eigenvalue weighted by molar-refractivity contribution is 5.35. The molecule has 1 fully saturated rings. The van der Waals surface area contributed by atoms with Crippen LogP contribution in [0.5, 0.6) is 0 Å². The monoisotopic (exact) mass is 265 g/mol. The van der Waals surface area contributed by atoms with Crippen molar-refractivity contribution in [2.45, 2.75) is 31.1 Å². The molecule has 1 saturated carbocycles. The summed E-state index contributed by atoms with van der Waals surface area (Å²) < 4.78 is 0. The molecule has 0 spiro atoms. The van der Waals surface area contributed by atoms with E-state index in [1.54, 1.807) is 0 Å². The highest BCUT2D eigenvalue weighted by atomic mass is 14.9. The van der Waals surface area contributed by atoms with E-state index in [0.29, 0.717) is 5.41 Å². The highest BCUT2D eigenvalue weighted by Gasteiger charge is 2.45. The summed E-state index contributed by atoms with van der Waals surface area (Å²) >= 11 is 0. The molecule has 20 heavy (non-hydrogen) atoms. The van der Waals surface area contributed by atoms with Crippen molar-refractivity contribution < 1.29 is 0 Å². The maximum atomic E-state index is 3.56. The summed E-state index contributed by atoms with van der Waals surface area (Å²) in [6, 6.07) is 22.0. The van der Waals surface area contributed by atoms with E-state index in [1.165, 1.54) is 24.0 Å². The fraction of sp³-hybridized carbons (Fsp3) is 0.368. The number of hydrogen-bond donors (Lipinski definition) is 1. The molecule has 2 aromatic carbocycles. The molecule has 0 unspecified atom stereocenters. The van der Waals surface area contributed by atoms with E-state index in [0.717, 1.165) is 19.0 Å². The molecule has 1 N–H and O–H groups in total. The van der Waals surface area contributed by atoms with E-state index in [2.05, 4.69) is 72.9 Å². The molecule has 0 atom stereocenters. The molecule has 104 valence electrons. The number of benzene rings is 2. The minimum atomic E-state index is 0.331. The standard InChI is InChI=1S/C19H23N/c1-2-20-15-19(18-11-7-4-8-12-18)13-17(14-19)16-9-5-3-6-10-16/h3-12,17,20H,2,13-15H2,1H3. The lowest BCUT2D eigenvalue weighted by atomic mass is 9.57. The van der Waals surface area contributed by atoms with E-state index >= 15 is 0 Å². The summed E-state index contributed by atoms with van der Waals surface area (Å²) in [6.45, 7) is 4.33. The minimum Gasteiger partial charge on any atom is -0.316 e. The Morgan fingerprint density at radius 2 is 1.55 bits per heavy atom. The Kier molecular flexibility index (Phi) is 3.88. The molecule has 1 aliphatic rings. The van der Waals surface area contributed by atoms with Gasteiger partial charge in [0.05, 0.1) is 0 Å². The van der Waals surface area contributed by atoms with Gasteiger partial charge in [-0.25, -0.2) is 0 Å². The van der Waals surface area contributed by atoms with Crippen LogP contribution in [-0.2, 0) is 5.41 Å². The third kappa shape index (κ3) is 2.51. The van der Waals surface area contributed by atoms with E-state index in [1.807, 2.05) is 0 Å². The third-order valence-corrected chi connectivity index (χ3v) is 4.64. The fourth-order valence-electron chi connectivity index (χ4n) is 3.48. The van der Waals surface area contributed by atoms with Crippen LogP contribution in [0.2, 0.25) is 0 Å². The summed E-state index contributed by atoms with van der Waals surface area (Å²) in [5.41, 5.74) is 3.32. The van der Waals surface area contributed by atoms with Crippen LogP contribution in [0, 0.1) is 0 Å². The van der Waals surface area contributed by atoms with E-state index in [9.17, 15) is 0 Å². The van der Waals surface area contributed by atoms with Gasteiger partial charge in [-0.2, -0.15) is 0 Å². The Labute approximate surface area is 122 Å². The molecular weight excluding hydrogens is 242 g/mol. The zero-order chi connectivity index (χ0) is 13.8. The summed E-state index contributed by atoms with van der Waals surface area (Å²) in [4.78, 5) is 0. The van der Waals surface area contributed by atoms with Gasteiger partial charge in [-0.15, -0.1) is 0 Å². The van der Waals surface area contributed by atoms with Crippen LogP contribution in [0.1, 0.15) is 36.8 Å². The Morgan fingerprint density at radius 1 is 0.950 bits per heavy atom. The Balaban J connectivity index is 1.78. The van der Waals surface area contributed by atoms with Gasteiger partial charge in [0.15, 0.2) is 0 Å². The highest BCUT2D eigenvalue weighted by Crippen LogP contribution is 2.52. The van der Waals surface area contributed by atoms with Gasteiger partial charge in [0, 0.05) is 12.0 Å². The topological polar surface area (TPSA) is 12.0 Å². The van der Waals surface area contributed by atoms with Crippen molar-refractivity contribution in [3.05, 3.63) is 71.8 Å². The second-order valence-corrected chi connectivity index (χ2v) is 5.94. The van der Waals surface area contributed by atoms with Gasteiger partial charge in [-0.05, 0) is 36.4 Å². The first-order valence-corrected chi connectivity index (χ1v) is 7.65. The summed E-state index contributed by atoms with van der Waals surface area (Å²) in [6.07, 6.45) is 2.52. The van der Waals surface area contributed by atoms with Crippen molar-refractivity contribution in [2.24, 2.45) is 0 Å². The number of rotatable bonds is 5. The second kappa shape index (κ2) is 5.80. The summed E-state index contributed by atoms with van der Waals surface area (Å²) in [7, 11) is 0. The molecular formula is C19H23N. The Morgan fingerprint density at radius 3 is 2.15 bits per heavy atom. The van der Waals surface area contributed by atoms with Crippen molar-refractivity contribution in [3.8, 4) is 0 Å². The zero-order valence-electron chi connectivity index (χ0n) is 12.2. The SMILES string of the molecule is CCNCC1(c2ccccc2)CC(c2ccccc2)C1. The van der Waals surface area contributed by atoms with Crippen LogP contribution < -0.4 is 5.32 Å². The lowest BCUT2D eigenvalue weighted by Gasteiger charge is -2.49. The predicted octanol–water partition coefficient (Wildman–Crippen LogP) is 4.11. The van der Waals surface area contributed by atoms with Crippen molar-refractivity contribution >= 4 is 0 Å². The third-order valence-electron chi connectivity index (χ3n) is 4.64. The van der Waals surface area contributed by atoms with Crippen molar-refractivity contribution in [2.75, 3.05) is 13.1 Å². The van der Waals surface area contributed by atoms with Gasteiger partial charge in [0.1, 0.15) is 0 Å². The van der Waals surface area contributed by atoms with Crippen molar-refractivity contribution in [3.63, 3.8) is 0 Å². The van der Waals surface area contributed by atoms with Crippen LogP contribution in [0.25, 0.3) is 0 Å². The molecule has 2 aromatic rings. The molecule has 1 nitrogen and oxygen atoms in total.